The van der Waals surface area contributed by atoms with Gasteiger partial charge in [-0.3, -0.25) is 9.69 Å². The van der Waals surface area contributed by atoms with Gasteiger partial charge in [0.2, 0.25) is 0 Å². The Hall–Kier alpha value is -1.88. The molecule has 1 aromatic carbocycles. The van der Waals surface area contributed by atoms with Crippen LogP contribution in [0.2, 0.25) is 0 Å². The number of Topliss-reactive ketones (excluding diaryl/α,β-unsaturated/α-hetero) is 1. The lowest BCUT2D eigenvalue weighted by atomic mass is 10.1. The molecule has 0 aromatic heterocycles. The molecule has 0 aliphatic carbocycles. The Labute approximate surface area is 119 Å². The first kappa shape index (κ1) is 14.5. The Kier molecular flexibility index (Phi) is 4.39. The molecule has 1 aromatic rings. The highest BCUT2D eigenvalue weighted by atomic mass is 16.2. The van der Waals surface area contributed by atoms with Gasteiger partial charge in [-0.05, 0) is 32.5 Å². The minimum absolute atomic E-state index is 0.00317. The van der Waals surface area contributed by atoms with E-state index in [0.717, 1.165) is 12.2 Å². The fraction of sp³-hybridized carbons (Fsp3) is 0.467. The van der Waals surface area contributed by atoms with Crippen molar-refractivity contribution in [3.8, 4) is 0 Å². The van der Waals surface area contributed by atoms with Gasteiger partial charge >= 0.3 is 6.03 Å². The van der Waals surface area contributed by atoms with E-state index >= 15 is 0 Å². The van der Waals surface area contributed by atoms with Crippen molar-refractivity contribution in [1.82, 2.24) is 4.90 Å². The molecule has 1 heterocycles. The van der Waals surface area contributed by atoms with Crippen LogP contribution in [-0.4, -0.2) is 42.4 Å². The Morgan fingerprint density at radius 3 is 2.70 bits per heavy atom. The molecule has 1 aliphatic heterocycles. The molecule has 0 atom stereocenters. The number of ketones is 1. The van der Waals surface area contributed by atoms with E-state index < -0.39 is 0 Å². The predicted molar refractivity (Wildman–Crippen MR) is 79.0 cm³/mol. The van der Waals surface area contributed by atoms with E-state index in [9.17, 15) is 9.59 Å². The van der Waals surface area contributed by atoms with Gasteiger partial charge in [-0.15, -0.1) is 0 Å². The first-order chi connectivity index (χ1) is 9.54. The number of nitrogens with two attached hydrogens (primary N) is 1. The highest BCUT2D eigenvalue weighted by Gasteiger charge is 2.31. The summed E-state index contributed by atoms with van der Waals surface area (Å²) in [5, 5.41) is 0. The molecule has 1 saturated heterocycles. The summed E-state index contributed by atoms with van der Waals surface area (Å²) >= 11 is 0. The molecular formula is C15H21N3O2. The van der Waals surface area contributed by atoms with Crippen molar-refractivity contribution in [2.75, 3.05) is 24.5 Å². The molecule has 108 valence electrons. The molecule has 2 amide bonds. The molecule has 20 heavy (non-hydrogen) atoms. The minimum Gasteiger partial charge on any atom is -0.330 e. The van der Waals surface area contributed by atoms with Crippen LogP contribution in [0.5, 0.6) is 0 Å². The van der Waals surface area contributed by atoms with Crippen molar-refractivity contribution in [2.24, 2.45) is 5.73 Å². The van der Waals surface area contributed by atoms with E-state index in [0.29, 0.717) is 25.1 Å². The zero-order valence-electron chi connectivity index (χ0n) is 12.0. The average molecular weight is 275 g/mol. The lowest BCUT2D eigenvalue weighted by molar-refractivity contribution is 0.0985. The first-order valence-corrected chi connectivity index (χ1v) is 6.96. The van der Waals surface area contributed by atoms with Crippen molar-refractivity contribution in [3.63, 3.8) is 0 Å². The number of benzene rings is 1. The number of urea groups is 1. The summed E-state index contributed by atoms with van der Waals surface area (Å²) in [4.78, 5) is 27.7. The second kappa shape index (κ2) is 6.05. The van der Waals surface area contributed by atoms with Crippen LogP contribution in [0.1, 0.15) is 30.6 Å². The van der Waals surface area contributed by atoms with E-state index in [1.165, 1.54) is 0 Å². The Morgan fingerprint density at radius 2 is 2.10 bits per heavy atom. The average Bonchev–Trinajstić information content (AvgIpc) is 2.81. The SMILES string of the molecule is CC(C)N1CCN(c2cccc(C(=O)CCN)c2)C1=O. The van der Waals surface area contributed by atoms with Crippen molar-refractivity contribution in [3.05, 3.63) is 29.8 Å². The van der Waals surface area contributed by atoms with E-state index in [-0.39, 0.29) is 17.9 Å². The van der Waals surface area contributed by atoms with E-state index in [2.05, 4.69) is 0 Å². The number of nitrogens with zero attached hydrogens (tertiary/aromatic N) is 2. The number of anilines is 1. The summed E-state index contributed by atoms with van der Waals surface area (Å²) in [6.45, 7) is 5.72. The first-order valence-electron chi connectivity index (χ1n) is 6.96. The molecule has 0 spiro atoms. The van der Waals surface area contributed by atoms with Crippen LogP contribution < -0.4 is 10.6 Å². The second-order valence-corrected chi connectivity index (χ2v) is 5.23. The number of rotatable bonds is 5. The molecule has 1 fully saturated rings. The van der Waals surface area contributed by atoms with E-state index in [4.69, 9.17) is 5.73 Å². The minimum atomic E-state index is 0.00317. The summed E-state index contributed by atoms with van der Waals surface area (Å²) in [7, 11) is 0. The van der Waals surface area contributed by atoms with Crippen LogP contribution in [0.25, 0.3) is 0 Å². The Bertz CT molecular complexity index is 514. The molecule has 2 rings (SSSR count). The predicted octanol–water partition coefficient (Wildman–Crippen LogP) is 1.87. The van der Waals surface area contributed by atoms with Gasteiger partial charge < -0.3 is 10.6 Å². The summed E-state index contributed by atoms with van der Waals surface area (Å²) in [5.74, 6) is 0.0155. The van der Waals surface area contributed by atoms with Gasteiger partial charge in [0.25, 0.3) is 0 Å². The summed E-state index contributed by atoms with van der Waals surface area (Å²) < 4.78 is 0. The highest BCUT2D eigenvalue weighted by Crippen LogP contribution is 2.23. The number of hydrogen-bond donors (Lipinski definition) is 1. The van der Waals surface area contributed by atoms with Gasteiger partial charge in [-0.25, -0.2) is 4.79 Å². The molecule has 0 radical (unpaired) electrons. The van der Waals surface area contributed by atoms with Gasteiger partial charge in [0, 0.05) is 36.8 Å². The Balaban J connectivity index is 2.20. The molecular weight excluding hydrogens is 254 g/mol. The fourth-order valence-electron chi connectivity index (χ4n) is 2.40. The molecule has 2 N–H and O–H groups in total. The second-order valence-electron chi connectivity index (χ2n) is 5.23. The Morgan fingerprint density at radius 1 is 1.35 bits per heavy atom. The molecule has 0 saturated carbocycles. The van der Waals surface area contributed by atoms with Crippen LogP contribution >= 0.6 is 0 Å². The molecule has 5 heteroatoms. The van der Waals surface area contributed by atoms with Gasteiger partial charge in [0.05, 0.1) is 0 Å². The fourth-order valence-corrected chi connectivity index (χ4v) is 2.40. The largest absolute Gasteiger partial charge is 0.330 e. The zero-order valence-corrected chi connectivity index (χ0v) is 12.0. The third-order valence-electron chi connectivity index (χ3n) is 3.52. The number of amides is 2. The number of carbonyl (C=O) groups excluding carboxylic acids is 2. The molecule has 0 unspecified atom stereocenters. The quantitative estimate of drug-likeness (QED) is 0.834. The lowest BCUT2D eigenvalue weighted by Gasteiger charge is -2.22. The van der Waals surface area contributed by atoms with Gasteiger partial charge in [0.15, 0.2) is 5.78 Å². The third-order valence-corrected chi connectivity index (χ3v) is 3.52. The van der Waals surface area contributed by atoms with E-state index in [1.807, 2.05) is 30.9 Å². The molecule has 5 nitrogen and oxygen atoms in total. The number of carbonyl (C=O) groups is 2. The smallest absolute Gasteiger partial charge is 0.324 e. The van der Waals surface area contributed by atoms with Crippen LogP contribution in [-0.2, 0) is 0 Å². The maximum atomic E-state index is 12.3. The number of hydrogen-bond acceptors (Lipinski definition) is 3. The van der Waals surface area contributed by atoms with Crippen LogP contribution in [0, 0.1) is 0 Å². The maximum absolute atomic E-state index is 12.3. The van der Waals surface area contributed by atoms with Gasteiger partial charge in [0.1, 0.15) is 0 Å². The van der Waals surface area contributed by atoms with Crippen molar-refractivity contribution in [1.29, 1.82) is 0 Å². The van der Waals surface area contributed by atoms with Crippen molar-refractivity contribution < 1.29 is 9.59 Å². The van der Waals surface area contributed by atoms with Crippen molar-refractivity contribution >= 4 is 17.5 Å². The van der Waals surface area contributed by atoms with Crippen LogP contribution in [0.3, 0.4) is 0 Å². The monoisotopic (exact) mass is 275 g/mol. The van der Waals surface area contributed by atoms with Gasteiger partial charge in [-0.2, -0.15) is 0 Å². The maximum Gasteiger partial charge on any atom is 0.324 e. The summed E-state index contributed by atoms with van der Waals surface area (Å²) in [5.41, 5.74) is 6.80. The summed E-state index contributed by atoms with van der Waals surface area (Å²) in [6.07, 6.45) is 0.329. The molecule has 1 aliphatic rings. The van der Waals surface area contributed by atoms with E-state index in [1.54, 1.807) is 17.0 Å². The lowest BCUT2D eigenvalue weighted by Crippen LogP contribution is -2.36. The standard InChI is InChI=1S/C15H21N3O2/c1-11(2)17-8-9-18(15(17)20)13-5-3-4-12(10-13)14(19)6-7-16/h3-5,10-11H,6-9,16H2,1-2H3. The summed E-state index contributed by atoms with van der Waals surface area (Å²) in [6, 6.07) is 7.41. The van der Waals surface area contributed by atoms with Crippen LogP contribution in [0.15, 0.2) is 24.3 Å². The van der Waals surface area contributed by atoms with Crippen molar-refractivity contribution in [2.45, 2.75) is 26.3 Å². The third kappa shape index (κ3) is 2.82. The normalized spacial score (nSPS) is 15.3. The highest BCUT2D eigenvalue weighted by molar-refractivity contribution is 5.99. The molecule has 0 bridgehead atoms. The van der Waals surface area contributed by atoms with Gasteiger partial charge in [-0.1, -0.05) is 12.1 Å². The topological polar surface area (TPSA) is 66.6 Å². The zero-order chi connectivity index (χ0) is 14.7. The van der Waals surface area contributed by atoms with Crippen LogP contribution in [0.4, 0.5) is 10.5 Å².